The number of ether oxygens (including phenoxy) is 1. The maximum atomic E-state index is 5.56. The second-order valence-electron chi connectivity index (χ2n) is 9.04. The average Bonchev–Trinajstić information content (AvgIpc) is 3.00. The van der Waals surface area contributed by atoms with E-state index >= 15 is 0 Å². The fraction of sp³-hybridized carbons (Fsp3) is 0.189. The molecule has 0 atom stereocenters. The van der Waals surface area contributed by atoms with Crippen LogP contribution in [-0.4, -0.2) is 13.2 Å². The highest BCUT2D eigenvalue weighted by Crippen LogP contribution is 2.32. The Labute approximate surface area is 234 Å². The van der Waals surface area contributed by atoms with Crippen LogP contribution in [0.5, 0.6) is 5.75 Å². The van der Waals surface area contributed by atoms with E-state index in [1.165, 1.54) is 27.1 Å². The molecule has 0 radical (unpaired) electrons. The number of hydrogen-bond donors (Lipinski definition) is 0. The van der Waals surface area contributed by atoms with Gasteiger partial charge in [0.1, 0.15) is 12.4 Å². The van der Waals surface area contributed by atoms with Crippen molar-refractivity contribution >= 4 is 32.9 Å². The minimum atomic E-state index is 0.315. The molecular formula is C37H37NO. The van der Waals surface area contributed by atoms with Crippen LogP contribution in [0.25, 0.3) is 21.5 Å². The summed E-state index contributed by atoms with van der Waals surface area (Å²) >= 11 is 0. The number of hydrogen-bond acceptors (Lipinski definition) is 2. The first-order valence-corrected chi connectivity index (χ1v) is 13.4. The highest BCUT2D eigenvalue weighted by Gasteiger charge is 2.10. The number of terminal acetylenes is 2. The summed E-state index contributed by atoms with van der Waals surface area (Å²) in [4.78, 5) is 2.17. The molecule has 0 aliphatic rings. The first-order chi connectivity index (χ1) is 19.1. The summed E-state index contributed by atoms with van der Waals surface area (Å²) in [7, 11) is 0. The van der Waals surface area contributed by atoms with Crippen molar-refractivity contribution in [1.82, 2.24) is 0 Å². The Morgan fingerprint density at radius 1 is 0.692 bits per heavy atom. The molecule has 0 aliphatic carbocycles. The molecule has 0 fully saturated rings. The van der Waals surface area contributed by atoms with Gasteiger partial charge in [0.05, 0.1) is 6.54 Å². The fourth-order valence-corrected chi connectivity index (χ4v) is 4.27. The Kier molecular flexibility index (Phi) is 11.1. The molecule has 0 spiro atoms. The van der Waals surface area contributed by atoms with Gasteiger partial charge >= 0.3 is 0 Å². The second kappa shape index (κ2) is 14.9. The fourth-order valence-electron chi connectivity index (χ4n) is 4.27. The summed E-state index contributed by atoms with van der Waals surface area (Å²) in [5, 5.41) is 4.87. The molecule has 0 saturated carbocycles. The summed E-state index contributed by atoms with van der Waals surface area (Å²) in [5.41, 5.74) is 3.61. The van der Waals surface area contributed by atoms with E-state index < -0.39 is 0 Å². The molecule has 2 heteroatoms. The first-order valence-electron chi connectivity index (χ1n) is 13.4. The first kappa shape index (κ1) is 28.9. The van der Waals surface area contributed by atoms with Crippen molar-refractivity contribution in [3.63, 3.8) is 0 Å². The van der Waals surface area contributed by atoms with E-state index in [9.17, 15) is 0 Å². The van der Waals surface area contributed by atoms with Crippen LogP contribution in [0.2, 0.25) is 0 Å². The monoisotopic (exact) mass is 511 g/mol. The normalized spacial score (nSPS) is 9.92. The van der Waals surface area contributed by atoms with E-state index in [-0.39, 0.29) is 0 Å². The van der Waals surface area contributed by atoms with E-state index in [1.807, 2.05) is 44.2 Å². The predicted molar refractivity (Wildman–Crippen MR) is 170 cm³/mol. The molecule has 39 heavy (non-hydrogen) atoms. The van der Waals surface area contributed by atoms with Crippen molar-refractivity contribution in [1.29, 1.82) is 0 Å². The highest BCUT2D eigenvalue weighted by atomic mass is 16.5. The zero-order valence-corrected chi connectivity index (χ0v) is 23.4. The van der Waals surface area contributed by atoms with Crippen molar-refractivity contribution in [3.05, 3.63) is 115 Å². The van der Waals surface area contributed by atoms with E-state index in [0.717, 1.165) is 17.1 Å². The Balaban J connectivity index is 0.000000205. The van der Waals surface area contributed by atoms with Crippen molar-refractivity contribution in [2.24, 2.45) is 0 Å². The van der Waals surface area contributed by atoms with E-state index in [1.54, 1.807) is 0 Å². The molecule has 0 unspecified atom stereocenters. The van der Waals surface area contributed by atoms with Crippen LogP contribution in [0.4, 0.5) is 11.4 Å². The third-order valence-corrected chi connectivity index (χ3v) is 6.20. The van der Waals surface area contributed by atoms with Gasteiger partial charge in [0.15, 0.2) is 0 Å². The Morgan fingerprint density at radius 2 is 1.36 bits per heavy atom. The third-order valence-electron chi connectivity index (χ3n) is 6.20. The van der Waals surface area contributed by atoms with Gasteiger partial charge in [0.25, 0.3) is 0 Å². The maximum absolute atomic E-state index is 5.56. The van der Waals surface area contributed by atoms with Crippen molar-refractivity contribution in [2.45, 2.75) is 33.6 Å². The number of benzene rings is 5. The summed E-state index contributed by atoms with van der Waals surface area (Å²) in [6.07, 6.45) is 10.7. The highest BCUT2D eigenvalue weighted by molar-refractivity contribution is 5.96. The molecule has 2 nitrogen and oxygen atoms in total. The van der Waals surface area contributed by atoms with Crippen molar-refractivity contribution in [2.75, 3.05) is 18.1 Å². The van der Waals surface area contributed by atoms with Crippen molar-refractivity contribution in [3.8, 4) is 30.4 Å². The molecule has 5 aromatic rings. The van der Waals surface area contributed by atoms with Gasteiger partial charge in [-0.2, -0.15) is 0 Å². The number of fused-ring (bicyclic) bond motifs is 2. The van der Waals surface area contributed by atoms with Gasteiger partial charge < -0.3 is 9.64 Å². The van der Waals surface area contributed by atoms with Gasteiger partial charge in [-0.1, -0.05) is 118 Å². The smallest absolute Gasteiger partial charge is 0.148 e. The van der Waals surface area contributed by atoms with Gasteiger partial charge in [-0.15, -0.1) is 12.8 Å². The SMILES string of the molecule is C#CCN(c1ccccc1)c1cccc2ccccc12.C#CCOc1ccc2cc(C(C)C)ccc2c1.CC. The molecule has 0 aromatic heterocycles. The van der Waals surface area contributed by atoms with Crippen LogP contribution in [0.3, 0.4) is 0 Å². The molecule has 0 amide bonds. The third kappa shape index (κ3) is 7.67. The minimum Gasteiger partial charge on any atom is -0.481 e. The summed E-state index contributed by atoms with van der Waals surface area (Å²) in [6, 6.07) is 37.5. The van der Waals surface area contributed by atoms with Gasteiger partial charge in [-0.25, -0.2) is 0 Å². The molecule has 0 bridgehead atoms. The summed E-state index contributed by atoms with van der Waals surface area (Å²) in [5.74, 6) is 6.60. The molecular weight excluding hydrogens is 474 g/mol. The molecule has 0 heterocycles. The van der Waals surface area contributed by atoms with Crippen LogP contribution in [0, 0.1) is 24.7 Å². The van der Waals surface area contributed by atoms with E-state index in [2.05, 4.69) is 109 Å². The summed E-state index contributed by atoms with van der Waals surface area (Å²) < 4.78 is 5.40. The minimum absolute atomic E-state index is 0.315. The van der Waals surface area contributed by atoms with E-state index in [0.29, 0.717) is 19.1 Å². The van der Waals surface area contributed by atoms with Crippen LogP contribution >= 0.6 is 0 Å². The molecule has 5 aromatic carbocycles. The lowest BCUT2D eigenvalue weighted by Gasteiger charge is -2.24. The molecule has 0 aliphatic heterocycles. The second-order valence-corrected chi connectivity index (χ2v) is 9.04. The van der Waals surface area contributed by atoms with Gasteiger partial charge in [0.2, 0.25) is 0 Å². The lowest BCUT2D eigenvalue weighted by molar-refractivity contribution is 0.371. The van der Waals surface area contributed by atoms with Crippen LogP contribution < -0.4 is 9.64 Å². The number of nitrogens with zero attached hydrogens (tertiary/aromatic N) is 1. The largest absolute Gasteiger partial charge is 0.481 e. The lowest BCUT2D eigenvalue weighted by atomic mass is 9.99. The Morgan fingerprint density at radius 3 is 2.08 bits per heavy atom. The molecule has 0 N–H and O–H groups in total. The van der Waals surface area contributed by atoms with Crippen LogP contribution in [0.15, 0.2) is 109 Å². The number of rotatable bonds is 6. The topological polar surface area (TPSA) is 12.5 Å². The number of para-hydroxylation sites is 1. The van der Waals surface area contributed by atoms with Gasteiger partial charge in [-0.05, 0) is 58.0 Å². The van der Waals surface area contributed by atoms with Crippen LogP contribution in [0.1, 0.15) is 39.2 Å². The van der Waals surface area contributed by atoms with Crippen molar-refractivity contribution < 1.29 is 4.74 Å². The van der Waals surface area contributed by atoms with Gasteiger partial charge in [-0.3, -0.25) is 0 Å². The quantitative estimate of drug-likeness (QED) is 0.210. The predicted octanol–water partition coefficient (Wildman–Crippen LogP) is 9.61. The number of anilines is 2. The molecule has 196 valence electrons. The summed E-state index contributed by atoms with van der Waals surface area (Å²) in [6.45, 7) is 9.27. The molecule has 0 saturated heterocycles. The lowest BCUT2D eigenvalue weighted by Crippen LogP contribution is -2.17. The van der Waals surface area contributed by atoms with Crippen LogP contribution in [-0.2, 0) is 0 Å². The van der Waals surface area contributed by atoms with E-state index in [4.69, 9.17) is 17.6 Å². The molecule has 5 rings (SSSR count). The Hall–Kier alpha value is -4.66. The zero-order valence-electron chi connectivity index (χ0n) is 23.4. The van der Waals surface area contributed by atoms with Gasteiger partial charge in [0, 0.05) is 16.8 Å². The Bertz CT molecular complexity index is 1550. The standard InChI is InChI=1S/C19H15N.C16H16O.C2H6/c1-2-15-20(17-11-4-3-5-12-17)19-14-8-10-16-9-6-7-13-18(16)19;1-4-9-17-16-8-7-14-10-13(12(2)3)5-6-15(14)11-16;1-2/h1,3-14H,15H2;1,5-8,10-12H,9H2,2-3H3;1-2H3. The average molecular weight is 512 g/mol. The maximum Gasteiger partial charge on any atom is 0.148 e. The zero-order chi connectivity index (χ0) is 28.0.